The van der Waals surface area contributed by atoms with E-state index in [4.69, 9.17) is 37.0 Å². The highest BCUT2D eigenvalue weighted by molar-refractivity contribution is 7.47. The molecule has 0 aliphatic rings. The maximum Gasteiger partial charge on any atom is 0.472 e. The number of phosphoric acid groups is 2. The minimum Gasteiger partial charge on any atom is -0.462 e. The molecule has 3 N–H and O–H groups in total. The van der Waals surface area contributed by atoms with Gasteiger partial charge in [0.05, 0.1) is 26.4 Å². The summed E-state index contributed by atoms with van der Waals surface area (Å²) >= 11 is 0. The second-order valence-corrected chi connectivity index (χ2v) is 29.3. The summed E-state index contributed by atoms with van der Waals surface area (Å²) in [4.78, 5) is 72.5. The van der Waals surface area contributed by atoms with Crippen LogP contribution >= 0.6 is 15.6 Å². The van der Waals surface area contributed by atoms with Crippen molar-refractivity contribution in [2.75, 3.05) is 39.6 Å². The summed E-state index contributed by atoms with van der Waals surface area (Å²) in [5.74, 6) is -0.597. The fourth-order valence-electron chi connectivity index (χ4n) is 10.7. The number of carbonyl (C=O) groups is 4. The molecule has 0 aromatic rings. The number of hydrogen-bond donors (Lipinski definition) is 3. The van der Waals surface area contributed by atoms with E-state index < -0.39 is 97.5 Å². The van der Waals surface area contributed by atoms with Crippen molar-refractivity contribution in [2.24, 2.45) is 11.8 Å². The molecule has 0 amide bonds. The molecular formula is C71H138O17P2. The number of ether oxygens (including phenoxy) is 4. The maximum atomic E-state index is 13.0. The van der Waals surface area contributed by atoms with Crippen LogP contribution in [0.1, 0.15) is 363 Å². The molecule has 3 unspecified atom stereocenters. The Labute approximate surface area is 549 Å². The maximum absolute atomic E-state index is 13.0. The average molecular weight is 1330 g/mol. The summed E-state index contributed by atoms with van der Waals surface area (Å²) in [5.41, 5.74) is 0. The second-order valence-electron chi connectivity index (χ2n) is 26.3. The predicted molar refractivity (Wildman–Crippen MR) is 363 cm³/mol. The smallest absolute Gasteiger partial charge is 0.462 e. The normalized spacial score (nSPS) is 14.4. The summed E-state index contributed by atoms with van der Waals surface area (Å²) in [5, 5.41) is 10.6. The number of phosphoric ester groups is 2. The summed E-state index contributed by atoms with van der Waals surface area (Å²) in [6.07, 6.45) is 48.7. The number of unbranched alkanes of at least 4 members (excludes halogenated alkanes) is 39. The average Bonchev–Trinajstić information content (AvgIpc) is 3.38. The van der Waals surface area contributed by atoms with E-state index in [2.05, 4.69) is 41.5 Å². The Bertz CT molecular complexity index is 1750. The van der Waals surface area contributed by atoms with E-state index in [-0.39, 0.29) is 25.7 Å². The van der Waals surface area contributed by atoms with E-state index in [1.165, 1.54) is 173 Å². The highest BCUT2D eigenvalue weighted by atomic mass is 31.2. The molecule has 90 heavy (non-hydrogen) atoms. The number of hydrogen-bond acceptors (Lipinski definition) is 15. The molecule has 0 saturated heterocycles. The standard InChI is InChI=1S/C71H138O17P2/c1-7-10-12-14-16-18-19-24-28-31-35-42-48-54-69(74)82-59-66(87-70(75)55-49-43-36-32-29-26-23-21-20-22-25-27-30-33-39-45-51-63(4)5)61-85-89(77,78)83-57-65(72)58-84-90(79,80)86-62-67(60-81-68(73)53-47-41-34-17-15-13-11-8-2)88-71(76)56-50-44-38-37-40-46-52-64(6)9-3/h63-67,72H,7-62H2,1-6H3,(H,77,78)(H,79,80)/t64?,65-,66-,67-/m1/s1. The summed E-state index contributed by atoms with van der Waals surface area (Å²) < 4.78 is 68.2. The molecule has 0 aliphatic heterocycles. The van der Waals surface area contributed by atoms with Crippen LogP contribution in [0.2, 0.25) is 0 Å². The highest BCUT2D eigenvalue weighted by Gasteiger charge is 2.30. The van der Waals surface area contributed by atoms with Crippen LogP contribution in [0.3, 0.4) is 0 Å². The Morgan fingerprint density at radius 1 is 0.322 bits per heavy atom. The van der Waals surface area contributed by atoms with Crippen molar-refractivity contribution in [1.82, 2.24) is 0 Å². The first kappa shape index (κ1) is 88.1. The third-order valence-corrected chi connectivity index (χ3v) is 18.7. The van der Waals surface area contributed by atoms with Crippen molar-refractivity contribution in [3.05, 3.63) is 0 Å². The van der Waals surface area contributed by atoms with Crippen molar-refractivity contribution in [2.45, 2.75) is 381 Å². The van der Waals surface area contributed by atoms with Gasteiger partial charge in [0.25, 0.3) is 0 Å². The summed E-state index contributed by atoms with van der Waals surface area (Å²) in [6, 6.07) is 0. The third kappa shape index (κ3) is 63.5. The molecule has 0 aromatic carbocycles. The molecular weight excluding hydrogens is 1190 g/mol. The fourth-order valence-corrected chi connectivity index (χ4v) is 12.3. The van der Waals surface area contributed by atoms with E-state index in [0.29, 0.717) is 25.7 Å². The van der Waals surface area contributed by atoms with Gasteiger partial charge in [-0.1, -0.05) is 311 Å². The molecule has 0 rings (SSSR count). The molecule has 0 aliphatic carbocycles. The van der Waals surface area contributed by atoms with Gasteiger partial charge in [0, 0.05) is 25.7 Å². The van der Waals surface area contributed by atoms with Gasteiger partial charge < -0.3 is 33.8 Å². The first-order valence-corrected chi connectivity index (χ1v) is 40.0. The van der Waals surface area contributed by atoms with E-state index in [9.17, 15) is 43.2 Å². The topological polar surface area (TPSA) is 237 Å². The van der Waals surface area contributed by atoms with Crippen LogP contribution in [0.25, 0.3) is 0 Å². The van der Waals surface area contributed by atoms with Crippen LogP contribution in [0.15, 0.2) is 0 Å². The predicted octanol–water partition coefficient (Wildman–Crippen LogP) is 20.4. The van der Waals surface area contributed by atoms with Crippen molar-refractivity contribution >= 4 is 39.5 Å². The fraction of sp³-hybridized carbons (Fsp3) is 0.944. The Kier molecular flexibility index (Phi) is 61.8. The van der Waals surface area contributed by atoms with Crippen molar-refractivity contribution in [3.8, 4) is 0 Å². The molecule has 6 atom stereocenters. The molecule has 0 heterocycles. The lowest BCUT2D eigenvalue weighted by atomic mass is 10.00. The third-order valence-electron chi connectivity index (χ3n) is 16.8. The van der Waals surface area contributed by atoms with E-state index in [0.717, 1.165) is 108 Å². The highest BCUT2D eigenvalue weighted by Crippen LogP contribution is 2.45. The second kappa shape index (κ2) is 63.1. The molecule has 0 radical (unpaired) electrons. The van der Waals surface area contributed by atoms with Crippen molar-refractivity contribution in [3.63, 3.8) is 0 Å². The first-order valence-electron chi connectivity index (χ1n) is 37.0. The monoisotopic (exact) mass is 1320 g/mol. The number of aliphatic hydroxyl groups excluding tert-OH is 1. The minimum absolute atomic E-state index is 0.103. The molecule has 534 valence electrons. The molecule has 17 nitrogen and oxygen atoms in total. The van der Waals surface area contributed by atoms with Crippen LogP contribution in [0.4, 0.5) is 0 Å². The number of carbonyl (C=O) groups excluding carboxylic acids is 4. The van der Waals surface area contributed by atoms with Crippen LogP contribution in [-0.2, 0) is 65.4 Å². The van der Waals surface area contributed by atoms with Gasteiger partial charge in [-0.2, -0.15) is 0 Å². The van der Waals surface area contributed by atoms with Gasteiger partial charge in [0.2, 0.25) is 0 Å². The van der Waals surface area contributed by atoms with Gasteiger partial charge >= 0.3 is 39.5 Å². The Hall–Kier alpha value is -1.94. The molecule has 19 heteroatoms. The van der Waals surface area contributed by atoms with Gasteiger partial charge in [0.1, 0.15) is 19.3 Å². The van der Waals surface area contributed by atoms with E-state index in [1.807, 2.05) is 0 Å². The molecule has 0 aromatic heterocycles. The number of rotatable bonds is 70. The summed E-state index contributed by atoms with van der Waals surface area (Å²) in [7, 11) is -9.90. The zero-order valence-electron chi connectivity index (χ0n) is 58.4. The zero-order valence-corrected chi connectivity index (χ0v) is 60.2. The SMILES string of the molecule is CCCCCCCCCCCCCCCC(=O)OC[C@H](COP(=O)(O)OC[C@@H](O)COP(=O)(O)OC[C@@H](COC(=O)CCCCCCCCCC)OC(=O)CCCCCCCCC(C)CC)OC(=O)CCCCCCCCCCCCCCCCCCC(C)C. The van der Waals surface area contributed by atoms with Crippen molar-refractivity contribution < 1.29 is 80.2 Å². The van der Waals surface area contributed by atoms with E-state index in [1.54, 1.807) is 0 Å². The first-order chi connectivity index (χ1) is 43.4. The molecule has 0 fully saturated rings. The van der Waals surface area contributed by atoms with Gasteiger partial charge in [0.15, 0.2) is 12.2 Å². The Balaban J connectivity index is 5.19. The van der Waals surface area contributed by atoms with Crippen LogP contribution in [-0.4, -0.2) is 96.7 Å². The Morgan fingerprint density at radius 3 is 0.844 bits per heavy atom. The minimum atomic E-state index is -4.95. The van der Waals surface area contributed by atoms with Gasteiger partial charge in [-0.05, 0) is 37.5 Å². The number of aliphatic hydroxyl groups is 1. The van der Waals surface area contributed by atoms with Crippen molar-refractivity contribution in [1.29, 1.82) is 0 Å². The van der Waals surface area contributed by atoms with Gasteiger partial charge in [-0.25, -0.2) is 9.13 Å². The lowest BCUT2D eigenvalue weighted by molar-refractivity contribution is -0.161. The lowest BCUT2D eigenvalue weighted by Gasteiger charge is -2.21. The summed E-state index contributed by atoms with van der Waals surface area (Å²) in [6.45, 7) is 9.51. The molecule has 0 spiro atoms. The Morgan fingerprint density at radius 2 is 0.567 bits per heavy atom. The quantitative estimate of drug-likeness (QED) is 0.0222. The van der Waals surface area contributed by atoms with E-state index >= 15 is 0 Å². The van der Waals surface area contributed by atoms with Crippen LogP contribution in [0.5, 0.6) is 0 Å². The van der Waals surface area contributed by atoms with Gasteiger partial charge in [-0.15, -0.1) is 0 Å². The molecule has 0 bridgehead atoms. The van der Waals surface area contributed by atoms with Gasteiger partial charge in [-0.3, -0.25) is 37.3 Å². The molecule has 0 saturated carbocycles. The number of esters is 4. The van der Waals surface area contributed by atoms with Crippen LogP contribution in [0, 0.1) is 11.8 Å². The lowest BCUT2D eigenvalue weighted by Crippen LogP contribution is -2.30. The zero-order chi connectivity index (χ0) is 66.5. The van der Waals surface area contributed by atoms with Crippen LogP contribution < -0.4 is 0 Å². The largest absolute Gasteiger partial charge is 0.472 e.